The van der Waals surface area contributed by atoms with Crippen LogP contribution in [0.25, 0.3) is 0 Å². The molecule has 0 bridgehead atoms. The van der Waals surface area contributed by atoms with E-state index in [9.17, 15) is 14.4 Å². The number of hydrogen-bond acceptors (Lipinski definition) is 3. The number of nitrogens with one attached hydrogen (secondary N) is 2. The van der Waals surface area contributed by atoms with Crippen LogP contribution >= 0.6 is 0 Å². The minimum Gasteiger partial charge on any atom is -0.347 e. The van der Waals surface area contributed by atoms with Crippen LogP contribution in [0, 0.1) is 0 Å². The Hall–Kier alpha value is -3.15. The number of anilines is 1. The predicted molar refractivity (Wildman–Crippen MR) is 108 cm³/mol. The van der Waals surface area contributed by atoms with Crippen LogP contribution in [-0.4, -0.2) is 42.3 Å². The van der Waals surface area contributed by atoms with Crippen LogP contribution in [0.3, 0.4) is 0 Å². The molecule has 3 rings (SSSR count). The molecule has 0 spiro atoms. The van der Waals surface area contributed by atoms with Gasteiger partial charge in [0.05, 0.1) is 24.2 Å². The Bertz CT molecular complexity index is 830. The van der Waals surface area contributed by atoms with Crippen LogP contribution in [0.15, 0.2) is 54.6 Å². The first kappa shape index (κ1) is 19.6. The SMILES string of the molecule is O=C(Cc1ccccc1)NCC(=O)Nc1ccccc1C(=O)N1CCCCC1. The van der Waals surface area contributed by atoms with Crippen molar-refractivity contribution in [3.05, 3.63) is 65.7 Å². The molecule has 2 aromatic rings. The Morgan fingerprint density at radius 1 is 0.821 bits per heavy atom. The number of likely N-dealkylation sites (tertiary alicyclic amines) is 1. The van der Waals surface area contributed by atoms with Crippen molar-refractivity contribution in [3.63, 3.8) is 0 Å². The van der Waals surface area contributed by atoms with Gasteiger partial charge in [-0.25, -0.2) is 0 Å². The number of para-hydroxylation sites is 1. The topological polar surface area (TPSA) is 78.5 Å². The largest absolute Gasteiger partial charge is 0.347 e. The number of hydrogen-bond donors (Lipinski definition) is 2. The van der Waals surface area contributed by atoms with E-state index in [4.69, 9.17) is 0 Å². The van der Waals surface area contributed by atoms with Gasteiger partial charge in [-0.2, -0.15) is 0 Å². The average molecular weight is 379 g/mol. The van der Waals surface area contributed by atoms with Crippen molar-refractivity contribution < 1.29 is 14.4 Å². The second kappa shape index (κ2) is 9.69. The summed E-state index contributed by atoms with van der Waals surface area (Å²) in [4.78, 5) is 38.9. The normalized spacial score (nSPS) is 13.6. The van der Waals surface area contributed by atoms with E-state index < -0.39 is 0 Å². The van der Waals surface area contributed by atoms with Crippen LogP contribution in [-0.2, 0) is 16.0 Å². The molecule has 0 aliphatic carbocycles. The van der Waals surface area contributed by atoms with Gasteiger partial charge in [0.2, 0.25) is 11.8 Å². The highest BCUT2D eigenvalue weighted by Crippen LogP contribution is 2.20. The van der Waals surface area contributed by atoms with E-state index in [0.29, 0.717) is 11.3 Å². The Kier molecular flexibility index (Phi) is 6.78. The Balaban J connectivity index is 1.55. The zero-order chi connectivity index (χ0) is 19.8. The highest BCUT2D eigenvalue weighted by molar-refractivity contribution is 6.04. The standard InChI is InChI=1S/C22H25N3O3/c26-20(15-17-9-3-1-4-10-17)23-16-21(27)24-19-12-6-5-11-18(19)22(28)25-13-7-2-8-14-25/h1,3-6,9-12H,2,7-8,13-16H2,(H,23,26)(H,24,27). The van der Waals surface area contributed by atoms with Gasteiger partial charge < -0.3 is 15.5 Å². The second-order valence-electron chi connectivity index (χ2n) is 6.89. The zero-order valence-corrected chi connectivity index (χ0v) is 15.8. The van der Waals surface area contributed by atoms with Gasteiger partial charge in [0, 0.05) is 13.1 Å². The zero-order valence-electron chi connectivity index (χ0n) is 15.8. The molecular weight excluding hydrogens is 354 g/mol. The number of rotatable bonds is 6. The van der Waals surface area contributed by atoms with Gasteiger partial charge in [-0.1, -0.05) is 42.5 Å². The van der Waals surface area contributed by atoms with E-state index in [1.807, 2.05) is 35.2 Å². The van der Waals surface area contributed by atoms with Crippen molar-refractivity contribution in [3.8, 4) is 0 Å². The third-order valence-electron chi connectivity index (χ3n) is 4.73. The fourth-order valence-electron chi connectivity index (χ4n) is 3.26. The fourth-order valence-corrected chi connectivity index (χ4v) is 3.26. The van der Waals surface area contributed by atoms with Crippen molar-refractivity contribution in [2.24, 2.45) is 0 Å². The maximum atomic E-state index is 12.8. The van der Waals surface area contributed by atoms with E-state index >= 15 is 0 Å². The molecule has 3 amide bonds. The maximum Gasteiger partial charge on any atom is 0.255 e. The van der Waals surface area contributed by atoms with Gasteiger partial charge in [0.1, 0.15) is 0 Å². The highest BCUT2D eigenvalue weighted by Gasteiger charge is 2.21. The molecule has 1 aliphatic heterocycles. The fraction of sp³-hybridized carbons (Fsp3) is 0.318. The summed E-state index contributed by atoms with van der Waals surface area (Å²) in [6, 6.07) is 16.3. The molecule has 6 heteroatoms. The summed E-state index contributed by atoms with van der Waals surface area (Å²) in [5.74, 6) is -0.650. The van der Waals surface area contributed by atoms with Gasteiger partial charge in [-0.15, -0.1) is 0 Å². The monoisotopic (exact) mass is 379 g/mol. The molecule has 146 valence electrons. The van der Waals surface area contributed by atoms with Crippen molar-refractivity contribution in [1.29, 1.82) is 0 Å². The lowest BCUT2D eigenvalue weighted by molar-refractivity contribution is -0.123. The lowest BCUT2D eigenvalue weighted by Crippen LogP contribution is -2.37. The van der Waals surface area contributed by atoms with Crippen LogP contribution in [0.1, 0.15) is 35.2 Å². The lowest BCUT2D eigenvalue weighted by Gasteiger charge is -2.27. The number of carbonyl (C=O) groups is 3. The minimum atomic E-state index is -0.361. The van der Waals surface area contributed by atoms with E-state index in [-0.39, 0.29) is 30.7 Å². The molecular formula is C22H25N3O3. The average Bonchev–Trinajstić information content (AvgIpc) is 2.73. The Morgan fingerprint density at radius 3 is 2.25 bits per heavy atom. The summed E-state index contributed by atoms with van der Waals surface area (Å²) in [7, 11) is 0. The van der Waals surface area contributed by atoms with Gasteiger partial charge >= 0.3 is 0 Å². The van der Waals surface area contributed by atoms with Crippen molar-refractivity contribution in [2.45, 2.75) is 25.7 Å². The van der Waals surface area contributed by atoms with Crippen molar-refractivity contribution in [2.75, 3.05) is 25.0 Å². The first-order chi connectivity index (χ1) is 13.6. The first-order valence-electron chi connectivity index (χ1n) is 9.62. The smallest absolute Gasteiger partial charge is 0.255 e. The van der Waals surface area contributed by atoms with E-state index in [0.717, 1.165) is 37.9 Å². The molecule has 28 heavy (non-hydrogen) atoms. The molecule has 0 radical (unpaired) electrons. The number of piperidine rings is 1. The summed E-state index contributed by atoms with van der Waals surface area (Å²) >= 11 is 0. The second-order valence-corrected chi connectivity index (χ2v) is 6.89. The van der Waals surface area contributed by atoms with Gasteiger partial charge in [0.15, 0.2) is 0 Å². The van der Waals surface area contributed by atoms with Crippen LogP contribution in [0.5, 0.6) is 0 Å². The molecule has 1 aliphatic rings. The molecule has 2 N–H and O–H groups in total. The van der Waals surface area contributed by atoms with Crippen LogP contribution < -0.4 is 10.6 Å². The summed E-state index contributed by atoms with van der Waals surface area (Å²) in [5.41, 5.74) is 1.84. The minimum absolute atomic E-state index is 0.0660. The first-order valence-corrected chi connectivity index (χ1v) is 9.62. The molecule has 0 atom stereocenters. The van der Waals surface area contributed by atoms with Crippen LogP contribution in [0.4, 0.5) is 5.69 Å². The van der Waals surface area contributed by atoms with E-state index in [1.165, 1.54) is 0 Å². The molecule has 0 unspecified atom stereocenters. The molecule has 0 aromatic heterocycles. The van der Waals surface area contributed by atoms with Crippen molar-refractivity contribution >= 4 is 23.4 Å². The van der Waals surface area contributed by atoms with Gasteiger partial charge in [0.25, 0.3) is 5.91 Å². The summed E-state index contributed by atoms with van der Waals surface area (Å²) in [6.07, 6.45) is 3.38. The number of benzene rings is 2. The summed E-state index contributed by atoms with van der Waals surface area (Å²) < 4.78 is 0. The molecule has 0 saturated carbocycles. The molecule has 6 nitrogen and oxygen atoms in total. The number of carbonyl (C=O) groups excluding carboxylic acids is 3. The maximum absolute atomic E-state index is 12.8. The molecule has 2 aromatic carbocycles. The number of nitrogens with zero attached hydrogens (tertiary/aromatic N) is 1. The van der Waals surface area contributed by atoms with Crippen molar-refractivity contribution in [1.82, 2.24) is 10.2 Å². The summed E-state index contributed by atoms with van der Waals surface area (Å²) in [6.45, 7) is 1.35. The third kappa shape index (κ3) is 5.42. The summed E-state index contributed by atoms with van der Waals surface area (Å²) in [5, 5.41) is 5.37. The predicted octanol–water partition coefficient (Wildman–Crippen LogP) is 2.61. The number of amides is 3. The van der Waals surface area contributed by atoms with E-state index in [1.54, 1.807) is 24.3 Å². The lowest BCUT2D eigenvalue weighted by atomic mass is 10.1. The molecule has 1 fully saturated rings. The third-order valence-corrected chi connectivity index (χ3v) is 4.73. The molecule has 1 saturated heterocycles. The highest BCUT2D eigenvalue weighted by atomic mass is 16.2. The quantitative estimate of drug-likeness (QED) is 0.810. The molecule has 1 heterocycles. The van der Waals surface area contributed by atoms with Gasteiger partial charge in [-0.05, 0) is 37.0 Å². The Labute approximate surface area is 164 Å². The van der Waals surface area contributed by atoms with E-state index in [2.05, 4.69) is 10.6 Å². The van der Waals surface area contributed by atoms with Gasteiger partial charge in [-0.3, -0.25) is 14.4 Å². The van der Waals surface area contributed by atoms with Crippen LogP contribution in [0.2, 0.25) is 0 Å². The Morgan fingerprint density at radius 2 is 1.50 bits per heavy atom.